The molecule has 106 valence electrons. The van der Waals surface area contributed by atoms with Crippen LogP contribution < -0.4 is 5.32 Å². The van der Waals surface area contributed by atoms with Gasteiger partial charge in [-0.2, -0.15) is 0 Å². The molecule has 0 aliphatic carbocycles. The third kappa shape index (κ3) is 3.80. The zero-order chi connectivity index (χ0) is 14.4. The summed E-state index contributed by atoms with van der Waals surface area (Å²) in [5, 5.41) is 11.5. The number of carbonyl (C=O) groups is 1. The predicted molar refractivity (Wildman–Crippen MR) is 71.7 cm³/mol. The standard InChI is InChI=1S/C15H16FNO3/c16-12-4-5-14(11(9-12)3-1-2-7-18)15(19)17-13-6-8-20-10-13/h4-5,9,13,18H,2,6-8,10H2,(H,17,19). The van der Waals surface area contributed by atoms with E-state index in [4.69, 9.17) is 9.84 Å². The van der Waals surface area contributed by atoms with E-state index in [0.29, 0.717) is 24.3 Å². The molecule has 2 rings (SSSR count). The van der Waals surface area contributed by atoms with Crippen molar-refractivity contribution in [1.82, 2.24) is 5.32 Å². The van der Waals surface area contributed by atoms with Crippen LogP contribution in [0.3, 0.4) is 0 Å². The Morgan fingerprint density at radius 3 is 3.10 bits per heavy atom. The van der Waals surface area contributed by atoms with E-state index < -0.39 is 5.82 Å². The Morgan fingerprint density at radius 1 is 1.55 bits per heavy atom. The van der Waals surface area contributed by atoms with Gasteiger partial charge in [-0.3, -0.25) is 4.79 Å². The zero-order valence-corrected chi connectivity index (χ0v) is 11.0. The summed E-state index contributed by atoms with van der Waals surface area (Å²) in [6.45, 7) is 1.07. The van der Waals surface area contributed by atoms with Gasteiger partial charge in [0, 0.05) is 18.6 Å². The molecule has 1 heterocycles. The molecular formula is C15H16FNO3. The molecule has 0 spiro atoms. The number of amides is 1. The fourth-order valence-corrected chi connectivity index (χ4v) is 1.94. The van der Waals surface area contributed by atoms with Crippen molar-refractivity contribution in [3.63, 3.8) is 0 Å². The molecule has 0 bridgehead atoms. The SMILES string of the molecule is O=C(NC1CCOC1)c1ccc(F)cc1C#CCCO. The fourth-order valence-electron chi connectivity index (χ4n) is 1.94. The highest BCUT2D eigenvalue weighted by atomic mass is 19.1. The van der Waals surface area contributed by atoms with Crippen LogP contribution in [0.4, 0.5) is 4.39 Å². The molecule has 1 aliphatic heterocycles. The third-order valence-electron chi connectivity index (χ3n) is 2.95. The highest BCUT2D eigenvalue weighted by Crippen LogP contribution is 2.12. The molecule has 1 atom stereocenters. The average molecular weight is 277 g/mol. The molecule has 0 saturated carbocycles. The first-order chi connectivity index (χ1) is 9.70. The van der Waals surface area contributed by atoms with Crippen molar-refractivity contribution >= 4 is 5.91 Å². The summed E-state index contributed by atoms with van der Waals surface area (Å²) in [5.74, 6) is 4.69. The summed E-state index contributed by atoms with van der Waals surface area (Å²) in [6, 6.07) is 3.87. The summed E-state index contributed by atoms with van der Waals surface area (Å²) < 4.78 is 18.4. The van der Waals surface area contributed by atoms with E-state index in [0.717, 1.165) is 6.42 Å². The number of rotatable bonds is 3. The quantitative estimate of drug-likeness (QED) is 0.813. The first-order valence-electron chi connectivity index (χ1n) is 6.48. The molecule has 1 aromatic rings. The number of ether oxygens (including phenoxy) is 1. The van der Waals surface area contributed by atoms with E-state index >= 15 is 0 Å². The van der Waals surface area contributed by atoms with Gasteiger partial charge in [-0.25, -0.2) is 4.39 Å². The summed E-state index contributed by atoms with van der Waals surface area (Å²) in [4.78, 5) is 12.2. The molecular weight excluding hydrogens is 261 g/mol. The van der Waals surface area contributed by atoms with Crippen LogP contribution in [-0.2, 0) is 4.74 Å². The van der Waals surface area contributed by atoms with Crippen LogP contribution in [0.25, 0.3) is 0 Å². The van der Waals surface area contributed by atoms with Gasteiger partial charge in [0.25, 0.3) is 5.91 Å². The van der Waals surface area contributed by atoms with Gasteiger partial charge in [0.1, 0.15) is 5.82 Å². The smallest absolute Gasteiger partial charge is 0.252 e. The number of aliphatic hydroxyl groups excluding tert-OH is 1. The minimum Gasteiger partial charge on any atom is -0.395 e. The normalized spacial score (nSPS) is 17.4. The molecule has 1 aliphatic rings. The maximum Gasteiger partial charge on any atom is 0.252 e. The van der Waals surface area contributed by atoms with Crippen LogP contribution in [0.1, 0.15) is 28.8 Å². The van der Waals surface area contributed by atoms with Crippen molar-refractivity contribution in [2.45, 2.75) is 18.9 Å². The monoisotopic (exact) mass is 277 g/mol. The number of halogens is 1. The van der Waals surface area contributed by atoms with Crippen molar-refractivity contribution in [3.05, 3.63) is 35.1 Å². The molecule has 2 N–H and O–H groups in total. The minimum absolute atomic E-state index is 0.00851. The fraction of sp³-hybridized carbons (Fsp3) is 0.400. The molecule has 1 unspecified atom stereocenters. The summed E-state index contributed by atoms with van der Waals surface area (Å²) >= 11 is 0. The maximum atomic E-state index is 13.3. The van der Waals surface area contributed by atoms with Crippen molar-refractivity contribution in [2.75, 3.05) is 19.8 Å². The average Bonchev–Trinajstić information content (AvgIpc) is 2.92. The second-order valence-electron chi connectivity index (χ2n) is 4.50. The molecule has 20 heavy (non-hydrogen) atoms. The van der Waals surface area contributed by atoms with E-state index in [1.165, 1.54) is 18.2 Å². The van der Waals surface area contributed by atoms with Gasteiger partial charge in [-0.15, -0.1) is 0 Å². The van der Waals surface area contributed by atoms with Crippen molar-refractivity contribution in [3.8, 4) is 11.8 Å². The Labute approximate surface area is 116 Å². The van der Waals surface area contributed by atoms with Gasteiger partial charge in [0.05, 0.1) is 24.8 Å². The Bertz CT molecular complexity index is 542. The molecule has 1 aromatic carbocycles. The predicted octanol–water partition coefficient (Wildman–Crippen LogP) is 1.08. The Balaban J connectivity index is 2.17. The van der Waals surface area contributed by atoms with Gasteiger partial charge in [-0.1, -0.05) is 11.8 Å². The topological polar surface area (TPSA) is 58.6 Å². The molecule has 1 fully saturated rings. The van der Waals surface area contributed by atoms with Crippen molar-refractivity contribution in [1.29, 1.82) is 0 Å². The van der Waals surface area contributed by atoms with Gasteiger partial charge in [0.15, 0.2) is 0 Å². The Morgan fingerprint density at radius 2 is 2.40 bits per heavy atom. The molecule has 4 nitrogen and oxygen atoms in total. The lowest BCUT2D eigenvalue weighted by atomic mass is 10.1. The molecule has 0 radical (unpaired) electrons. The first-order valence-corrected chi connectivity index (χ1v) is 6.48. The van der Waals surface area contributed by atoms with Crippen molar-refractivity contribution in [2.24, 2.45) is 0 Å². The number of nitrogens with one attached hydrogen (secondary N) is 1. The third-order valence-corrected chi connectivity index (χ3v) is 2.95. The number of aliphatic hydroxyl groups is 1. The second kappa shape index (κ2) is 7.04. The number of benzene rings is 1. The highest BCUT2D eigenvalue weighted by Gasteiger charge is 2.20. The molecule has 1 amide bonds. The van der Waals surface area contributed by atoms with E-state index in [-0.39, 0.29) is 25.0 Å². The van der Waals surface area contributed by atoms with Crippen LogP contribution in [-0.4, -0.2) is 36.9 Å². The van der Waals surface area contributed by atoms with Gasteiger partial charge in [0.2, 0.25) is 0 Å². The lowest BCUT2D eigenvalue weighted by Gasteiger charge is -2.11. The Hall–Kier alpha value is -1.90. The van der Waals surface area contributed by atoms with E-state index in [1.807, 2.05) is 0 Å². The lowest BCUT2D eigenvalue weighted by Crippen LogP contribution is -2.35. The van der Waals surface area contributed by atoms with E-state index in [2.05, 4.69) is 17.2 Å². The van der Waals surface area contributed by atoms with Crippen LogP contribution >= 0.6 is 0 Å². The maximum absolute atomic E-state index is 13.3. The number of hydrogen-bond donors (Lipinski definition) is 2. The second-order valence-corrected chi connectivity index (χ2v) is 4.50. The van der Waals surface area contributed by atoms with Crippen LogP contribution in [0.5, 0.6) is 0 Å². The summed E-state index contributed by atoms with van der Waals surface area (Å²) in [6.07, 6.45) is 1.06. The van der Waals surface area contributed by atoms with Crippen LogP contribution in [0.15, 0.2) is 18.2 Å². The number of carbonyl (C=O) groups excluding carboxylic acids is 1. The van der Waals surface area contributed by atoms with Gasteiger partial charge in [-0.05, 0) is 24.6 Å². The van der Waals surface area contributed by atoms with Gasteiger partial charge < -0.3 is 15.2 Å². The first kappa shape index (κ1) is 14.5. The Kier molecular flexibility index (Phi) is 5.10. The summed E-state index contributed by atoms with van der Waals surface area (Å²) in [5.41, 5.74) is 0.665. The minimum atomic E-state index is -0.445. The van der Waals surface area contributed by atoms with Crippen molar-refractivity contribution < 1.29 is 19.0 Å². The molecule has 5 heteroatoms. The molecule has 0 aromatic heterocycles. The van der Waals surface area contributed by atoms with E-state index in [9.17, 15) is 9.18 Å². The largest absolute Gasteiger partial charge is 0.395 e. The van der Waals surface area contributed by atoms with E-state index in [1.54, 1.807) is 0 Å². The van der Waals surface area contributed by atoms with Crippen LogP contribution in [0, 0.1) is 17.7 Å². The zero-order valence-electron chi connectivity index (χ0n) is 11.0. The highest BCUT2D eigenvalue weighted by molar-refractivity contribution is 5.96. The number of hydrogen-bond acceptors (Lipinski definition) is 3. The molecule has 1 saturated heterocycles. The summed E-state index contributed by atoms with van der Waals surface area (Å²) in [7, 11) is 0. The lowest BCUT2D eigenvalue weighted by molar-refractivity contribution is 0.0929. The van der Waals surface area contributed by atoms with Crippen LogP contribution in [0.2, 0.25) is 0 Å². The van der Waals surface area contributed by atoms with Gasteiger partial charge >= 0.3 is 0 Å².